The molecule has 1 aliphatic rings. The van der Waals surface area contributed by atoms with E-state index in [4.69, 9.17) is 9.47 Å². The number of carbonyl (C=O) groups is 2. The predicted octanol–water partition coefficient (Wildman–Crippen LogP) is 2.81. The summed E-state index contributed by atoms with van der Waals surface area (Å²) in [6, 6.07) is 13.0. The first-order chi connectivity index (χ1) is 13.5. The number of hydrogen-bond acceptors (Lipinski definition) is 5. The van der Waals surface area contributed by atoms with Crippen LogP contribution in [-0.4, -0.2) is 44.7 Å². The number of hydrogen-bond donors (Lipinski definition) is 2. The second-order valence-electron chi connectivity index (χ2n) is 6.66. The molecular formula is C21H25N3O4. The lowest BCUT2D eigenvalue weighted by Crippen LogP contribution is -2.37. The Bertz CT molecular complexity index is 830. The molecule has 7 nitrogen and oxygen atoms in total. The van der Waals surface area contributed by atoms with Crippen LogP contribution in [0.5, 0.6) is 5.75 Å². The second kappa shape index (κ2) is 9.23. The van der Waals surface area contributed by atoms with Crippen molar-refractivity contribution in [1.82, 2.24) is 0 Å². The molecule has 1 fully saturated rings. The van der Waals surface area contributed by atoms with Crippen molar-refractivity contribution < 1.29 is 19.1 Å². The van der Waals surface area contributed by atoms with Crippen LogP contribution < -0.4 is 20.3 Å². The van der Waals surface area contributed by atoms with Gasteiger partial charge in [0.25, 0.3) is 5.91 Å². The maximum atomic E-state index is 12.4. The molecule has 148 valence electrons. The summed E-state index contributed by atoms with van der Waals surface area (Å²) in [6.07, 6.45) is 0. The minimum atomic E-state index is -0.248. The van der Waals surface area contributed by atoms with Crippen molar-refractivity contribution in [1.29, 1.82) is 0 Å². The number of carbonyl (C=O) groups excluding carboxylic acids is 2. The first-order valence-electron chi connectivity index (χ1n) is 9.25. The number of nitrogens with zero attached hydrogens (tertiary/aromatic N) is 1. The van der Waals surface area contributed by atoms with Gasteiger partial charge in [0.05, 0.1) is 24.6 Å². The summed E-state index contributed by atoms with van der Waals surface area (Å²) in [4.78, 5) is 25.9. The van der Waals surface area contributed by atoms with Crippen LogP contribution >= 0.6 is 0 Å². The lowest BCUT2D eigenvalue weighted by Gasteiger charge is -2.31. The summed E-state index contributed by atoms with van der Waals surface area (Å²) in [7, 11) is 0. The van der Waals surface area contributed by atoms with E-state index in [0.29, 0.717) is 43.4 Å². The molecule has 0 saturated carbocycles. The molecule has 1 heterocycles. The Morgan fingerprint density at radius 1 is 1.07 bits per heavy atom. The first kappa shape index (κ1) is 19.7. The molecule has 0 aromatic heterocycles. The molecule has 3 rings (SSSR count). The van der Waals surface area contributed by atoms with Crippen LogP contribution in [-0.2, 0) is 14.3 Å². The predicted molar refractivity (Wildman–Crippen MR) is 109 cm³/mol. The molecule has 2 N–H and O–H groups in total. The summed E-state index contributed by atoms with van der Waals surface area (Å²) in [5.41, 5.74) is 3.33. The Morgan fingerprint density at radius 2 is 1.79 bits per heavy atom. The summed E-state index contributed by atoms with van der Waals surface area (Å²) in [5, 5.41) is 5.69. The van der Waals surface area contributed by atoms with Gasteiger partial charge in [0.1, 0.15) is 5.75 Å². The Morgan fingerprint density at radius 3 is 2.46 bits per heavy atom. The maximum absolute atomic E-state index is 12.4. The van der Waals surface area contributed by atoms with Crippen molar-refractivity contribution in [2.75, 3.05) is 48.4 Å². The van der Waals surface area contributed by atoms with Gasteiger partial charge in [0.15, 0.2) is 6.61 Å². The van der Waals surface area contributed by atoms with Crippen LogP contribution in [0.3, 0.4) is 0 Å². The number of ether oxygens (including phenoxy) is 2. The zero-order chi connectivity index (χ0) is 19.9. The fraction of sp³-hybridized carbons (Fsp3) is 0.333. The van der Waals surface area contributed by atoms with Crippen molar-refractivity contribution in [3.63, 3.8) is 0 Å². The molecule has 1 aliphatic heterocycles. The minimum Gasteiger partial charge on any atom is -0.484 e. The highest BCUT2D eigenvalue weighted by atomic mass is 16.5. The highest BCUT2D eigenvalue weighted by Gasteiger charge is 2.17. The standard InChI is InChI=1S/C21H25N3O4/c1-15-3-6-18(7-4-15)28-14-21(26)23-19-8-5-17(22-16(2)25)13-20(19)24-9-11-27-12-10-24/h3-8,13H,9-12,14H2,1-2H3,(H,22,25)(H,23,26). The average molecular weight is 383 g/mol. The highest BCUT2D eigenvalue weighted by molar-refractivity contribution is 5.97. The van der Waals surface area contributed by atoms with Crippen LogP contribution in [0.4, 0.5) is 17.1 Å². The van der Waals surface area contributed by atoms with E-state index in [1.165, 1.54) is 6.92 Å². The maximum Gasteiger partial charge on any atom is 0.262 e. The fourth-order valence-corrected chi connectivity index (χ4v) is 2.95. The monoisotopic (exact) mass is 383 g/mol. The van der Waals surface area contributed by atoms with Crippen molar-refractivity contribution in [2.24, 2.45) is 0 Å². The van der Waals surface area contributed by atoms with E-state index in [9.17, 15) is 9.59 Å². The Hall–Kier alpha value is -3.06. The van der Waals surface area contributed by atoms with Crippen LogP contribution in [0.25, 0.3) is 0 Å². The Kier molecular flexibility index (Phi) is 6.49. The molecule has 1 saturated heterocycles. The topological polar surface area (TPSA) is 79.9 Å². The second-order valence-corrected chi connectivity index (χ2v) is 6.66. The van der Waals surface area contributed by atoms with Gasteiger partial charge in [0.2, 0.25) is 5.91 Å². The summed E-state index contributed by atoms with van der Waals surface area (Å²) >= 11 is 0. The highest BCUT2D eigenvalue weighted by Crippen LogP contribution is 2.30. The van der Waals surface area contributed by atoms with E-state index >= 15 is 0 Å². The number of amides is 2. The van der Waals surface area contributed by atoms with Crippen LogP contribution in [0.15, 0.2) is 42.5 Å². The number of nitrogens with one attached hydrogen (secondary N) is 2. The van der Waals surface area contributed by atoms with E-state index in [-0.39, 0.29) is 18.4 Å². The van der Waals surface area contributed by atoms with E-state index < -0.39 is 0 Å². The molecule has 0 atom stereocenters. The molecule has 28 heavy (non-hydrogen) atoms. The normalized spacial score (nSPS) is 13.7. The number of anilines is 3. The Balaban J connectivity index is 1.70. The van der Waals surface area contributed by atoms with Crippen LogP contribution in [0.2, 0.25) is 0 Å². The lowest BCUT2D eigenvalue weighted by molar-refractivity contribution is -0.118. The molecule has 0 spiro atoms. The zero-order valence-corrected chi connectivity index (χ0v) is 16.2. The summed E-state index contributed by atoms with van der Waals surface area (Å²) in [6.45, 7) is 6.04. The molecule has 2 amide bonds. The van der Waals surface area contributed by atoms with Crippen LogP contribution in [0.1, 0.15) is 12.5 Å². The van der Waals surface area contributed by atoms with E-state index in [0.717, 1.165) is 11.3 Å². The van der Waals surface area contributed by atoms with Gasteiger partial charge in [-0.15, -0.1) is 0 Å². The SMILES string of the molecule is CC(=O)Nc1ccc(NC(=O)COc2ccc(C)cc2)c(N2CCOCC2)c1. The van der Waals surface area contributed by atoms with Gasteiger partial charge < -0.3 is 25.0 Å². The molecule has 2 aromatic carbocycles. The van der Waals surface area contributed by atoms with Gasteiger partial charge in [-0.1, -0.05) is 17.7 Å². The van der Waals surface area contributed by atoms with E-state index in [2.05, 4.69) is 15.5 Å². The van der Waals surface area contributed by atoms with Crippen molar-refractivity contribution in [3.05, 3.63) is 48.0 Å². The van der Waals surface area contributed by atoms with Crippen molar-refractivity contribution >= 4 is 28.9 Å². The van der Waals surface area contributed by atoms with Gasteiger partial charge in [-0.2, -0.15) is 0 Å². The molecule has 0 unspecified atom stereocenters. The first-order valence-corrected chi connectivity index (χ1v) is 9.25. The third-order valence-corrected chi connectivity index (χ3v) is 4.33. The van der Waals surface area contributed by atoms with Crippen molar-refractivity contribution in [3.8, 4) is 5.75 Å². The Labute approximate surface area is 164 Å². The lowest BCUT2D eigenvalue weighted by atomic mass is 10.2. The quantitative estimate of drug-likeness (QED) is 0.802. The average Bonchev–Trinajstić information content (AvgIpc) is 2.69. The third kappa shape index (κ3) is 5.47. The summed E-state index contributed by atoms with van der Waals surface area (Å²) < 4.78 is 11.0. The molecule has 0 aliphatic carbocycles. The number of rotatable bonds is 6. The number of aryl methyl sites for hydroxylation is 1. The van der Waals surface area contributed by atoms with Gasteiger partial charge in [-0.3, -0.25) is 9.59 Å². The fourth-order valence-electron chi connectivity index (χ4n) is 2.95. The van der Waals surface area contributed by atoms with Gasteiger partial charge in [-0.25, -0.2) is 0 Å². The van der Waals surface area contributed by atoms with Gasteiger partial charge in [0, 0.05) is 25.7 Å². The molecule has 2 aromatic rings. The number of benzene rings is 2. The smallest absolute Gasteiger partial charge is 0.262 e. The van der Waals surface area contributed by atoms with Gasteiger partial charge >= 0.3 is 0 Å². The number of morpholine rings is 1. The van der Waals surface area contributed by atoms with E-state index in [1.807, 2.05) is 37.3 Å². The van der Waals surface area contributed by atoms with Crippen molar-refractivity contribution in [2.45, 2.75) is 13.8 Å². The minimum absolute atomic E-state index is 0.0843. The van der Waals surface area contributed by atoms with Gasteiger partial charge in [-0.05, 0) is 37.3 Å². The molecule has 0 bridgehead atoms. The molecular weight excluding hydrogens is 358 g/mol. The molecule has 7 heteroatoms. The summed E-state index contributed by atoms with van der Waals surface area (Å²) in [5.74, 6) is 0.258. The zero-order valence-electron chi connectivity index (χ0n) is 16.2. The van der Waals surface area contributed by atoms with E-state index in [1.54, 1.807) is 12.1 Å². The largest absolute Gasteiger partial charge is 0.484 e. The van der Waals surface area contributed by atoms with Crippen LogP contribution in [0, 0.1) is 6.92 Å². The molecule has 0 radical (unpaired) electrons. The third-order valence-electron chi connectivity index (χ3n) is 4.33.